The summed E-state index contributed by atoms with van der Waals surface area (Å²) in [5, 5.41) is 3.34. The first kappa shape index (κ1) is 14.2. The second kappa shape index (κ2) is 6.35. The van der Waals surface area contributed by atoms with Crippen molar-refractivity contribution < 1.29 is 8.78 Å². The van der Waals surface area contributed by atoms with E-state index in [1.165, 1.54) is 48.1 Å². The van der Waals surface area contributed by atoms with E-state index in [0.29, 0.717) is 18.5 Å². The van der Waals surface area contributed by atoms with E-state index in [1.54, 1.807) is 0 Å². The molecule has 1 aliphatic carbocycles. The number of aryl methyl sites for hydroxylation is 2. The van der Waals surface area contributed by atoms with E-state index in [0.717, 1.165) is 12.6 Å². The molecular formula is C18H19F2N. The maximum Gasteiger partial charge on any atom is 0.126 e. The van der Waals surface area contributed by atoms with Gasteiger partial charge >= 0.3 is 0 Å². The van der Waals surface area contributed by atoms with Gasteiger partial charge in [-0.1, -0.05) is 18.2 Å². The molecule has 2 aromatic rings. The molecule has 0 heterocycles. The average Bonchev–Trinajstić information content (AvgIpc) is 2.90. The molecule has 0 aliphatic heterocycles. The van der Waals surface area contributed by atoms with Crippen molar-refractivity contribution in [1.29, 1.82) is 0 Å². The largest absolute Gasteiger partial charge is 0.312 e. The third-order valence-corrected chi connectivity index (χ3v) is 4.00. The zero-order chi connectivity index (χ0) is 14.7. The van der Waals surface area contributed by atoms with Gasteiger partial charge in [0, 0.05) is 12.6 Å². The molecule has 110 valence electrons. The second-order valence-corrected chi connectivity index (χ2v) is 5.66. The quantitative estimate of drug-likeness (QED) is 0.825. The van der Waals surface area contributed by atoms with Gasteiger partial charge in [-0.05, 0) is 66.6 Å². The van der Waals surface area contributed by atoms with Crippen LogP contribution in [0.1, 0.15) is 28.7 Å². The molecule has 0 amide bonds. The number of halogens is 2. The molecule has 3 heteroatoms. The zero-order valence-electron chi connectivity index (χ0n) is 12.0. The summed E-state index contributed by atoms with van der Waals surface area (Å²) < 4.78 is 26.1. The topological polar surface area (TPSA) is 12.0 Å². The number of hydrogen-bond donors (Lipinski definition) is 1. The van der Waals surface area contributed by atoms with Crippen molar-refractivity contribution >= 4 is 0 Å². The van der Waals surface area contributed by atoms with Gasteiger partial charge in [0.25, 0.3) is 0 Å². The number of benzene rings is 2. The monoisotopic (exact) mass is 287 g/mol. The number of nitrogens with one attached hydrogen (secondary N) is 1. The molecule has 0 saturated carbocycles. The Morgan fingerprint density at radius 2 is 1.62 bits per heavy atom. The lowest BCUT2D eigenvalue weighted by atomic mass is 10.1. The van der Waals surface area contributed by atoms with Gasteiger partial charge in [-0.15, -0.1) is 0 Å². The van der Waals surface area contributed by atoms with Crippen LogP contribution in [0.15, 0.2) is 36.4 Å². The van der Waals surface area contributed by atoms with Crippen molar-refractivity contribution in [1.82, 2.24) is 5.32 Å². The van der Waals surface area contributed by atoms with Gasteiger partial charge in [0.15, 0.2) is 0 Å². The van der Waals surface area contributed by atoms with Gasteiger partial charge < -0.3 is 5.32 Å². The fourth-order valence-electron chi connectivity index (χ4n) is 2.96. The summed E-state index contributed by atoms with van der Waals surface area (Å²) in [5.74, 6) is -1.02. The van der Waals surface area contributed by atoms with Crippen molar-refractivity contribution in [2.45, 2.75) is 32.2 Å². The molecule has 0 radical (unpaired) electrons. The highest BCUT2D eigenvalue weighted by Gasteiger charge is 2.10. The third-order valence-electron chi connectivity index (χ3n) is 4.00. The maximum absolute atomic E-state index is 13.1. The first-order chi connectivity index (χ1) is 10.2. The summed E-state index contributed by atoms with van der Waals surface area (Å²) in [6, 6.07) is 10.3. The molecule has 0 spiro atoms. The summed E-state index contributed by atoms with van der Waals surface area (Å²) in [5.41, 5.74) is 4.92. The molecule has 1 N–H and O–H groups in total. The fraction of sp³-hybridized carbons (Fsp3) is 0.333. The van der Waals surface area contributed by atoms with Crippen molar-refractivity contribution in [2.75, 3.05) is 6.54 Å². The SMILES string of the molecule is Fc1cc(F)cc(CCNCc2ccc3c(c2)CCC3)c1. The van der Waals surface area contributed by atoms with E-state index in [-0.39, 0.29) is 0 Å². The van der Waals surface area contributed by atoms with Crippen LogP contribution in [0, 0.1) is 11.6 Å². The second-order valence-electron chi connectivity index (χ2n) is 5.66. The first-order valence-electron chi connectivity index (χ1n) is 7.47. The molecule has 0 aromatic heterocycles. The summed E-state index contributed by atoms with van der Waals surface area (Å²) in [4.78, 5) is 0. The van der Waals surface area contributed by atoms with Gasteiger partial charge in [-0.3, -0.25) is 0 Å². The molecular weight excluding hydrogens is 268 g/mol. The van der Waals surface area contributed by atoms with Crippen LogP contribution in [0.5, 0.6) is 0 Å². The molecule has 21 heavy (non-hydrogen) atoms. The average molecular weight is 287 g/mol. The lowest BCUT2D eigenvalue weighted by Gasteiger charge is -2.07. The van der Waals surface area contributed by atoms with E-state index in [4.69, 9.17) is 0 Å². The van der Waals surface area contributed by atoms with Gasteiger partial charge in [0.05, 0.1) is 0 Å². The Hall–Kier alpha value is -1.74. The Morgan fingerprint density at radius 3 is 2.43 bits per heavy atom. The van der Waals surface area contributed by atoms with Crippen molar-refractivity contribution in [2.24, 2.45) is 0 Å². The van der Waals surface area contributed by atoms with E-state index >= 15 is 0 Å². The van der Waals surface area contributed by atoms with E-state index in [2.05, 4.69) is 23.5 Å². The van der Waals surface area contributed by atoms with Crippen molar-refractivity contribution in [3.05, 3.63) is 70.3 Å². The highest BCUT2D eigenvalue weighted by Crippen LogP contribution is 2.22. The van der Waals surface area contributed by atoms with Crippen LogP contribution in [-0.4, -0.2) is 6.54 Å². The van der Waals surface area contributed by atoms with Crippen molar-refractivity contribution in [3.8, 4) is 0 Å². The summed E-state index contributed by atoms with van der Waals surface area (Å²) >= 11 is 0. The smallest absolute Gasteiger partial charge is 0.126 e. The molecule has 0 fully saturated rings. The summed E-state index contributed by atoms with van der Waals surface area (Å²) in [6.45, 7) is 1.51. The third kappa shape index (κ3) is 3.67. The normalized spacial score (nSPS) is 13.4. The van der Waals surface area contributed by atoms with Gasteiger partial charge in [0.1, 0.15) is 11.6 Å². The fourth-order valence-corrected chi connectivity index (χ4v) is 2.96. The first-order valence-corrected chi connectivity index (χ1v) is 7.47. The Labute approximate surface area is 124 Å². The predicted molar refractivity (Wildman–Crippen MR) is 80.2 cm³/mol. The Balaban J connectivity index is 1.50. The minimum absolute atomic E-state index is 0.511. The highest BCUT2D eigenvalue weighted by molar-refractivity contribution is 5.35. The maximum atomic E-state index is 13.1. The number of fused-ring (bicyclic) bond motifs is 1. The molecule has 0 unspecified atom stereocenters. The number of rotatable bonds is 5. The molecule has 1 nitrogen and oxygen atoms in total. The molecule has 0 saturated heterocycles. The van der Waals surface area contributed by atoms with Crippen molar-refractivity contribution in [3.63, 3.8) is 0 Å². The molecule has 0 atom stereocenters. The standard InChI is InChI=1S/C18H19F2N/c19-17-9-13(10-18(20)11-17)6-7-21-12-14-4-5-15-2-1-3-16(15)8-14/h4-5,8-11,21H,1-3,6-7,12H2. The lowest BCUT2D eigenvalue weighted by Crippen LogP contribution is -2.17. The Bertz CT molecular complexity index is 617. The van der Waals surface area contributed by atoms with Crippen LogP contribution >= 0.6 is 0 Å². The minimum atomic E-state index is -0.511. The van der Waals surface area contributed by atoms with Gasteiger partial charge in [0.2, 0.25) is 0 Å². The van der Waals surface area contributed by atoms with Crippen LogP contribution < -0.4 is 5.32 Å². The van der Waals surface area contributed by atoms with E-state index < -0.39 is 11.6 Å². The Kier molecular flexibility index (Phi) is 4.30. The van der Waals surface area contributed by atoms with E-state index in [1.807, 2.05) is 0 Å². The summed E-state index contributed by atoms with van der Waals surface area (Å²) in [7, 11) is 0. The summed E-state index contributed by atoms with van der Waals surface area (Å²) in [6.07, 6.45) is 4.27. The molecule has 1 aliphatic rings. The number of hydrogen-bond acceptors (Lipinski definition) is 1. The Morgan fingerprint density at radius 1 is 0.857 bits per heavy atom. The molecule has 3 rings (SSSR count). The molecule has 2 aromatic carbocycles. The van der Waals surface area contributed by atoms with Crippen LogP contribution in [0.4, 0.5) is 8.78 Å². The van der Waals surface area contributed by atoms with Gasteiger partial charge in [-0.2, -0.15) is 0 Å². The van der Waals surface area contributed by atoms with Crippen LogP contribution in [0.2, 0.25) is 0 Å². The van der Waals surface area contributed by atoms with E-state index in [9.17, 15) is 8.78 Å². The molecule has 0 bridgehead atoms. The predicted octanol–water partition coefficient (Wildman–Crippen LogP) is 3.79. The van der Waals surface area contributed by atoms with Crippen LogP contribution in [0.25, 0.3) is 0 Å². The highest BCUT2D eigenvalue weighted by atomic mass is 19.1. The zero-order valence-corrected chi connectivity index (χ0v) is 12.0. The van der Waals surface area contributed by atoms with Gasteiger partial charge in [-0.25, -0.2) is 8.78 Å². The minimum Gasteiger partial charge on any atom is -0.312 e. The van der Waals surface area contributed by atoms with Crippen LogP contribution in [0.3, 0.4) is 0 Å². The lowest BCUT2D eigenvalue weighted by molar-refractivity contribution is 0.577. The van der Waals surface area contributed by atoms with Crippen LogP contribution in [-0.2, 0) is 25.8 Å².